The first-order chi connectivity index (χ1) is 3.41. The summed E-state index contributed by atoms with van der Waals surface area (Å²) in [6.07, 6.45) is 0.720. The minimum absolute atomic E-state index is 0.181. The number of nitrogens with one attached hydrogen (secondary N) is 1. The summed E-state index contributed by atoms with van der Waals surface area (Å²) < 4.78 is 4.65. The Morgan fingerprint density at radius 1 is 1.86 bits per heavy atom. The van der Waals surface area contributed by atoms with Crippen LogP contribution in [0.2, 0.25) is 0 Å². The van der Waals surface area contributed by atoms with Gasteiger partial charge in [-0.2, -0.15) is 0 Å². The third-order valence-electron chi connectivity index (χ3n) is 0.432. The van der Waals surface area contributed by atoms with Crippen molar-refractivity contribution >= 4 is 6.29 Å². The molecule has 0 radical (unpaired) electrons. The normalized spacial score (nSPS) is 8.71. The van der Waals surface area contributed by atoms with Gasteiger partial charge in [-0.3, -0.25) is 5.32 Å². The summed E-state index contributed by atoms with van der Waals surface area (Å²) in [6, 6.07) is 0. The SMILES string of the molecule is CNCOCC=O. The van der Waals surface area contributed by atoms with Crippen LogP contribution in [0.4, 0.5) is 0 Å². The largest absolute Gasteiger partial charge is 0.359 e. The van der Waals surface area contributed by atoms with Crippen molar-refractivity contribution in [2.45, 2.75) is 0 Å². The van der Waals surface area contributed by atoms with Crippen molar-refractivity contribution in [3.63, 3.8) is 0 Å². The quantitative estimate of drug-likeness (QED) is 0.293. The Balaban J connectivity index is 2.56. The van der Waals surface area contributed by atoms with Crippen LogP contribution in [0, 0.1) is 0 Å². The molecule has 0 saturated carbocycles. The maximum Gasteiger partial charge on any atom is 0.145 e. The van der Waals surface area contributed by atoms with E-state index in [1.807, 2.05) is 0 Å². The topological polar surface area (TPSA) is 38.3 Å². The minimum atomic E-state index is 0.181. The van der Waals surface area contributed by atoms with Gasteiger partial charge in [-0.25, -0.2) is 0 Å². The summed E-state index contributed by atoms with van der Waals surface area (Å²) in [7, 11) is 1.75. The highest BCUT2D eigenvalue weighted by molar-refractivity contribution is 5.50. The smallest absolute Gasteiger partial charge is 0.145 e. The molecule has 0 aliphatic carbocycles. The fraction of sp³-hybridized carbons (Fsp3) is 0.750. The molecular formula is C4H9NO2. The Kier molecular flexibility index (Phi) is 5.26. The summed E-state index contributed by atoms with van der Waals surface area (Å²) in [5.74, 6) is 0. The third kappa shape index (κ3) is 5.59. The Hall–Kier alpha value is -0.410. The lowest BCUT2D eigenvalue weighted by Gasteiger charge is -1.93. The van der Waals surface area contributed by atoms with Crippen molar-refractivity contribution in [3.05, 3.63) is 0 Å². The van der Waals surface area contributed by atoms with Crippen LogP contribution in [0.1, 0.15) is 0 Å². The molecule has 0 aromatic rings. The number of hydrogen-bond donors (Lipinski definition) is 1. The van der Waals surface area contributed by atoms with E-state index in [4.69, 9.17) is 0 Å². The van der Waals surface area contributed by atoms with Crippen LogP contribution in [0.25, 0.3) is 0 Å². The van der Waals surface area contributed by atoms with Crippen LogP contribution in [0.3, 0.4) is 0 Å². The first-order valence-corrected chi connectivity index (χ1v) is 2.07. The van der Waals surface area contributed by atoms with E-state index in [1.165, 1.54) is 0 Å². The predicted molar refractivity (Wildman–Crippen MR) is 25.9 cm³/mol. The van der Waals surface area contributed by atoms with Crippen molar-refractivity contribution in [1.82, 2.24) is 5.32 Å². The van der Waals surface area contributed by atoms with Crippen LogP contribution in [-0.4, -0.2) is 26.7 Å². The Morgan fingerprint density at radius 2 is 2.57 bits per heavy atom. The number of carbonyl (C=O) groups is 1. The lowest BCUT2D eigenvalue weighted by atomic mass is 10.8. The molecule has 0 aromatic heterocycles. The summed E-state index contributed by atoms with van der Waals surface area (Å²) in [4.78, 5) is 9.53. The first-order valence-electron chi connectivity index (χ1n) is 2.07. The van der Waals surface area contributed by atoms with E-state index in [2.05, 4.69) is 10.1 Å². The molecule has 0 bridgehead atoms. The molecule has 0 amide bonds. The lowest BCUT2D eigenvalue weighted by Crippen LogP contribution is -2.12. The maximum atomic E-state index is 9.53. The van der Waals surface area contributed by atoms with E-state index in [0.29, 0.717) is 6.73 Å². The molecule has 3 heteroatoms. The molecule has 0 atom stereocenters. The van der Waals surface area contributed by atoms with Gasteiger partial charge < -0.3 is 9.53 Å². The summed E-state index contributed by atoms with van der Waals surface area (Å²) >= 11 is 0. The van der Waals surface area contributed by atoms with E-state index in [1.54, 1.807) is 7.05 Å². The van der Waals surface area contributed by atoms with E-state index in [9.17, 15) is 4.79 Å². The molecule has 1 N–H and O–H groups in total. The highest BCUT2D eigenvalue weighted by atomic mass is 16.5. The second kappa shape index (κ2) is 5.59. The zero-order chi connectivity index (χ0) is 5.54. The number of aldehydes is 1. The molecule has 3 nitrogen and oxygen atoms in total. The van der Waals surface area contributed by atoms with E-state index in [0.717, 1.165) is 6.29 Å². The third-order valence-corrected chi connectivity index (χ3v) is 0.432. The highest BCUT2D eigenvalue weighted by Crippen LogP contribution is 1.60. The molecule has 0 unspecified atom stereocenters. The number of hydrogen-bond acceptors (Lipinski definition) is 3. The van der Waals surface area contributed by atoms with Crippen LogP contribution in [0.15, 0.2) is 0 Å². The second-order valence-electron chi connectivity index (χ2n) is 1.04. The molecule has 0 aliphatic heterocycles. The fourth-order valence-corrected chi connectivity index (χ4v) is 0.209. The van der Waals surface area contributed by atoms with Crippen LogP contribution in [-0.2, 0) is 9.53 Å². The summed E-state index contributed by atoms with van der Waals surface area (Å²) in [5.41, 5.74) is 0. The van der Waals surface area contributed by atoms with Gasteiger partial charge in [-0.05, 0) is 7.05 Å². The van der Waals surface area contributed by atoms with Gasteiger partial charge in [0, 0.05) is 0 Å². The standard InChI is InChI=1S/C4H9NO2/c1-5-4-7-3-2-6/h2,5H,3-4H2,1H3. The van der Waals surface area contributed by atoms with Crippen molar-refractivity contribution < 1.29 is 9.53 Å². The number of carbonyl (C=O) groups excluding carboxylic acids is 1. The van der Waals surface area contributed by atoms with E-state index < -0.39 is 0 Å². The molecule has 0 fully saturated rings. The van der Waals surface area contributed by atoms with Gasteiger partial charge in [-0.1, -0.05) is 0 Å². The maximum absolute atomic E-state index is 9.53. The fourth-order valence-electron chi connectivity index (χ4n) is 0.209. The van der Waals surface area contributed by atoms with Gasteiger partial charge in [0.05, 0.1) is 6.73 Å². The molecule has 7 heavy (non-hydrogen) atoms. The Morgan fingerprint density at radius 3 is 3.00 bits per heavy atom. The molecule has 42 valence electrons. The van der Waals surface area contributed by atoms with Crippen LogP contribution >= 0.6 is 0 Å². The van der Waals surface area contributed by atoms with Gasteiger partial charge in [0.15, 0.2) is 0 Å². The van der Waals surface area contributed by atoms with Crippen LogP contribution < -0.4 is 5.32 Å². The average molecular weight is 103 g/mol. The lowest BCUT2D eigenvalue weighted by molar-refractivity contribution is -0.112. The predicted octanol–water partition coefficient (Wildman–Crippen LogP) is -0.621. The van der Waals surface area contributed by atoms with Crippen molar-refractivity contribution in [1.29, 1.82) is 0 Å². The highest BCUT2D eigenvalue weighted by Gasteiger charge is 1.76. The minimum Gasteiger partial charge on any atom is -0.359 e. The number of rotatable bonds is 4. The van der Waals surface area contributed by atoms with Crippen molar-refractivity contribution in [2.75, 3.05) is 20.4 Å². The van der Waals surface area contributed by atoms with Gasteiger partial charge >= 0.3 is 0 Å². The monoisotopic (exact) mass is 103 g/mol. The summed E-state index contributed by atoms with van der Waals surface area (Å²) in [5, 5.41) is 2.72. The van der Waals surface area contributed by atoms with Gasteiger partial charge in [0.2, 0.25) is 0 Å². The molecule has 0 spiro atoms. The average Bonchev–Trinajstić information content (AvgIpc) is 1.69. The molecule has 0 aromatic carbocycles. The van der Waals surface area contributed by atoms with Crippen molar-refractivity contribution in [2.24, 2.45) is 0 Å². The van der Waals surface area contributed by atoms with Gasteiger partial charge in [0.1, 0.15) is 12.9 Å². The molecule has 0 heterocycles. The van der Waals surface area contributed by atoms with Gasteiger partial charge in [0.25, 0.3) is 0 Å². The molecule has 0 aliphatic rings. The second-order valence-corrected chi connectivity index (χ2v) is 1.04. The van der Waals surface area contributed by atoms with Crippen molar-refractivity contribution in [3.8, 4) is 0 Å². The van der Waals surface area contributed by atoms with Crippen LogP contribution in [0.5, 0.6) is 0 Å². The van der Waals surface area contributed by atoms with Gasteiger partial charge in [-0.15, -0.1) is 0 Å². The number of ether oxygens (including phenoxy) is 1. The van der Waals surface area contributed by atoms with E-state index in [-0.39, 0.29) is 6.61 Å². The molecule has 0 rings (SSSR count). The Bertz CT molecular complexity index is 47.0. The molecular weight excluding hydrogens is 94.0 g/mol. The molecule has 0 saturated heterocycles. The first kappa shape index (κ1) is 6.59. The van der Waals surface area contributed by atoms with E-state index >= 15 is 0 Å². The zero-order valence-electron chi connectivity index (χ0n) is 4.31. The Labute approximate surface area is 42.7 Å². The zero-order valence-corrected chi connectivity index (χ0v) is 4.31. The summed E-state index contributed by atoms with van der Waals surface area (Å²) in [6.45, 7) is 0.625.